The molecule has 0 aromatic heterocycles. The molecule has 0 N–H and O–H groups in total. The maximum Gasteiger partial charge on any atom is 0.504 e. The summed E-state index contributed by atoms with van der Waals surface area (Å²) >= 11 is 0. The summed E-state index contributed by atoms with van der Waals surface area (Å²) in [5.41, 5.74) is 0. The van der Waals surface area contributed by atoms with Crippen LogP contribution in [0, 0.1) is 0 Å². The third-order valence-electron chi connectivity index (χ3n) is 3.95. The number of rotatable bonds is 16. The van der Waals surface area contributed by atoms with E-state index in [4.69, 9.17) is 13.3 Å². The minimum absolute atomic E-state index is 0.0524. The first kappa shape index (κ1) is 29.4. The second kappa shape index (κ2) is 13.7. The average Bonchev–Trinajstić information content (AvgIpc) is 2.70. The van der Waals surface area contributed by atoms with E-state index in [-0.39, 0.29) is 19.8 Å². The monoisotopic (exact) mass is 484 g/mol. The summed E-state index contributed by atoms with van der Waals surface area (Å²) < 4.78 is 149. The molecular formula is C16H26F10O3Si. The predicted molar refractivity (Wildman–Crippen MR) is 90.6 cm³/mol. The second-order valence-corrected chi connectivity index (χ2v) is 8.79. The van der Waals surface area contributed by atoms with Gasteiger partial charge in [-0.05, 0) is 20.8 Å². The standard InChI is InChI=1S/C16H26F10O3Si/c1-4-27-30(28-5-2,29-6-3)7-8(17)9(18)10(19)11(20)12(21)13(22)14(23)15(24)16(25)26/h8-16H,4-7H2,1-3H3. The summed E-state index contributed by atoms with van der Waals surface area (Å²) in [7, 11) is -3.86. The van der Waals surface area contributed by atoms with E-state index in [0.29, 0.717) is 0 Å². The van der Waals surface area contributed by atoms with E-state index < -0.39 is 70.6 Å². The van der Waals surface area contributed by atoms with Crippen molar-refractivity contribution < 1.29 is 57.2 Å². The van der Waals surface area contributed by atoms with Crippen LogP contribution in [0.1, 0.15) is 20.8 Å². The maximum atomic E-state index is 14.3. The summed E-state index contributed by atoms with van der Waals surface area (Å²) in [6, 6.07) is -0.990. The second-order valence-electron chi connectivity index (χ2n) is 6.15. The van der Waals surface area contributed by atoms with Crippen LogP contribution in [0.15, 0.2) is 0 Å². The van der Waals surface area contributed by atoms with Crippen molar-refractivity contribution in [3.8, 4) is 0 Å². The van der Waals surface area contributed by atoms with Gasteiger partial charge in [0.1, 0.15) is 6.17 Å². The van der Waals surface area contributed by atoms with Crippen molar-refractivity contribution in [3.05, 3.63) is 0 Å². The molecule has 8 atom stereocenters. The van der Waals surface area contributed by atoms with Crippen molar-refractivity contribution in [1.82, 2.24) is 0 Å². The van der Waals surface area contributed by atoms with Crippen LogP contribution in [-0.4, -0.2) is 84.4 Å². The molecule has 14 heteroatoms. The Labute approximate surface area is 169 Å². The molecule has 30 heavy (non-hydrogen) atoms. The number of hydrogen-bond donors (Lipinski definition) is 0. The number of hydrogen-bond acceptors (Lipinski definition) is 3. The Bertz CT molecular complexity index is 450. The predicted octanol–water partition coefficient (Wildman–Crippen LogP) is 5.00. The molecule has 0 saturated carbocycles. The van der Waals surface area contributed by atoms with Crippen LogP contribution in [-0.2, 0) is 13.3 Å². The van der Waals surface area contributed by atoms with Gasteiger partial charge in [0.05, 0.1) is 6.04 Å². The molecule has 0 saturated heterocycles. The molecule has 0 spiro atoms. The van der Waals surface area contributed by atoms with Gasteiger partial charge in [0.2, 0.25) is 0 Å². The Morgan fingerprint density at radius 1 is 0.500 bits per heavy atom. The van der Waals surface area contributed by atoms with Crippen molar-refractivity contribution in [3.63, 3.8) is 0 Å². The molecule has 0 aliphatic heterocycles. The fourth-order valence-corrected chi connectivity index (χ4v) is 5.16. The zero-order chi connectivity index (χ0) is 23.6. The fourth-order valence-electron chi connectivity index (χ4n) is 2.53. The molecular weight excluding hydrogens is 458 g/mol. The Kier molecular flexibility index (Phi) is 13.5. The smallest absolute Gasteiger partial charge is 0.374 e. The molecule has 0 amide bonds. The van der Waals surface area contributed by atoms with Gasteiger partial charge in [0, 0.05) is 19.8 Å². The summed E-state index contributed by atoms with van der Waals surface area (Å²) in [5.74, 6) is 0. The first-order valence-corrected chi connectivity index (χ1v) is 11.1. The van der Waals surface area contributed by atoms with Gasteiger partial charge in [-0.3, -0.25) is 0 Å². The van der Waals surface area contributed by atoms with Gasteiger partial charge in [-0.15, -0.1) is 0 Å². The van der Waals surface area contributed by atoms with E-state index in [1.54, 1.807) is 0 Å². The van der Waals surface area contributed by atoms with E-state index in [2.05, 4.69) is 0 Å². The molecule has 0 aliphatic carbocycles. The highest BCUT2D eigenvalue weighted by Gasteiger charge is 2.51. The summed E-state index contributed by atoms with van der Waals surface area (Å²) in [6.45, 7) is 4.29. The minimum atomic E-state index is -4.05. The normalized spacial score (nSPS) is 21.0. The SMILES string of the molecule is CCO[Si](CC(F)C(F)C(F)C(F)C(F)C(F)C(F)C(F)C(F)F)(OCC)OCC. The molecule has 0 fully saturated rings. The van der Waals surface area contributed by atoms with E-state index >= 15 is 0 Å². The molecule has 0 rings (SSSR count). The van der Waals surface area contributed by atoms with Gasteiger partial charge in [-0.1, -0.05) is 0 Å². The molecule has 0 radical (unpaired) electrons. The van der Waals surface area contributed by atoms with Crippen LogP contribution >= 0.6 is 0 Å². The zero-order valence-corrected chi connectivity index (χ0v) is 17.5. The van der Waals surface area contributed by atoms with Gasteiger partial charge in [-0.2, -0.15) is 0 Å². The van der Waals surface area contributed by atoms with E-state index in [0.717, 1.165) is 0 Å². The zero-order valence-electron chi connectivity index (χ0n) is 16.5. The van der Waals surface area contributed by atoms with Crippen molar-refractivity contribution in [1.29, 1.82) is 0 Å². The lowest BCUT2D eigenvalue weighted by atomic mass is 9.98. The molecule has 0 aromatic rings. The van der Waals surface area contributed by atoms with Gasteiger partial charge < -0.3 is 13.3 Å². The molecule has 0 aliphatic rings. The van der Waals surface area contributed by atoms with E-state index in [9.17, 15) is 43.9 Å². The largest absolute Gasteiger partial charge is 0.504 e. The Morgan fingerprint density at radius 3 is 1.10 bits per heavy atom. The van der Waals surface area contributed by atoms with Gasteiger partial charge in [0.15, 0.2) is 43.2 Å². The molecule has 0 aromatic carbocycles. The lowest BCUT2D eigenvalue weighted by Crippen LogP contribution is -2.52. The van der Waals surface area contributed by atoms with Gasteiger partial charge in [-0.25, -0.2) is 43.9 Å². The third kappa shape index (κ3) is 8.15. The van der Waals surface area contributed by atoms with Crippen molar-refractivity contribution in [2.45, 2.75) is 82.6 Å². The maximum absolute atomic E-state index is 14.3. The minimum Gasteiger partial charge on any atom is -0.374 e. The van der Waals surface area contributed by atoms with Crippen LogP contribution < -0.4 is 0 Å². The number of alkyl halides is 10. The summed E-state index contributed by atoms with van der Waals surface area (Å²) in [5, 5.41) is 0. The van der Waals surface area contributed by atoms with Gasteiger partial charge in [0.25, 0.3) is 6.43 Å². The Hall–Kier alpha value is -0.603. The van der Waals surface area contributed by atoms with Crippen molar-refractivity contribution in [2.75, 3.05) is 19.8 Å². The first-order chi connectivity index (χ1) is 13.9. The van der Waals surface area contributed by atoms with E-state index in [1.165, 1.54) is 20.8 Å². The topological polar surface area (TPSA) is 27.7 Å². The van der Waals surface area contributed by atoms with E-state index in [1.807, 2.05) is 0 Å². The molecule has 182 valence electrons. The molecule has 0 bridgehead atoms. The lowest BCUT2D eigenvalue weighted by molar-refractivity contribution is -0.0698. The van der Waals surface area contributed by atoms with Crippen LogP contribution in [0.3, 0.4) is 0 Å². The highest BCUT2D eigenvalue weighted by molar-refractivity contribution is 6.60. The van der Waals surface area contributed by atoms with Crippen LogP contribution in [0.25, 0.3) is 0 Å². The van der Waals surface area contributed by atoms with Gasteiger partial charge >= 0.3 is 8.80 Å². The Balaban J connectivity index is 5.23. The summed E-state index contributed by atoms with van der Waals surface area (Å²) in [4.78, 5) is 0. The van der Waals surface area contributed by atoms with Crippen LogP contribution in [0.4, 0.5) is 43.9 Å². The van der Waals surface area contributed by atoms with Crippen LogP contribution in [0.5, 0.6) is 0 Å². The molecule has 8 unspecified atom stereocenters. The Morgan fingerprint density at radius 2 is 0.800 bits per heavy atom. The highest BCUT2D eigenvalue weighted by Crippen LogP contribution is 2.31. The average molecular weight is 484 g/mol. The first-order valence-electron chi connectivity index (χ1n) is 9.21. The highest BCUT2D eigenvalue weighted by atomic mass is 28.4. The molecule has 0 heterocycles. The fraction of sp³-hybridized carbons (Fsp3) is 1.00. The number of halogens is 10. The third-order valence-corrected chi connectivity index (χ3v) is 7.02. The quantitative estimate of drug-likeness (QED) is 0.228. The summed E-state index contributed by atoms with van der Waals surface area (Å²) in [6.07, 6.45) is -33.1. The van der Waals surface area contributed by atoms with Crippen molar-refractivity contribution in [2.24, 2.45) is 0 Å². The lowest BCUT2D eigenvalue weighted by Gasteiger charge is -2.31. The molecule has 3 nitrogen and oxygen atoms in total. The van der Waals surface area contributed by atoms with Crippen LogP contribution in [0.2, 0.25) is 6.04 Å². The van der Waals surface area contributed by atoms with Crippen molar-refractivity contribution >= 4 is 8.80 Å².